The van der Waals surface area contributed by atoms with Gasteiger partial charge in [-0.05, 0) is 31.9 Å². The first-order valence-corrected chi connectivity index (χ1v) is 9.36. The topological polar surface area (TPSA) is 146 Å². The molecule has 11 heteroatoms. The molecule has 3 aromatic rings. The van der Waals surface area contributed by atoms with E-state index in [9.17, 15) is 10.1 Å². The van der Waals surface area contributed by atoms with Crippen molar-refractivity contribution < 1.29 is 4.79 Å². The van der Waals surface area contributed by atoms with Crippen LogP contribution in [0, 0.1) is 22.7 Å². The number of aromatic nitrogens is 6. The zero-order valence-electron chi connectivity index (χ0n) is 15.7. The van der Waals surface area contributed by atoms with Crippen LogP contribution in [0.15, 0.2) is 30.9 Å². The van der Waals surface area contributed by atoms with E-state index >= 15 is 0 Å². The third kappa shape index (κ3) is 3.56. The highest BCUT2D eigenvalue weighted by molar-refractivity contribution is 6.29. The maximum atomic E-state index is 12.8. The van der Waals surface area contributed by atoms with Gasteiger partial charge >= 0.3 is 0 Å². The molecule has 0 saturated heterocycles. The van der Waals surface area contributed by atoms with Crippen LogP contribution in [-0.4, -0.2) is 35.6 Å². The predicted octanol–water partition coefficient (Wildman–Crippen LogP) is 2.02. The zero-order valence-corrected chi connectivity index (χ0v) is 16.5. The number of pyridine rings is 1. The van der Waals surface area contributed by atoms with Gasteiger partial charge < -0.3 is 5.32 Å². The number of rotatable bonds is 5. The van der Waals surface area contributed by atoms with Crippen molar-refractivity contribution in [2.45, 2.75) is 31.2 Å². The molecule has 1 atom stereocenters. The molecule has 1 aliphatic carbocycles. The van der Waals surface area contributed by atoms with Gasteiger partial charge in [0.1, 0.15) is 29.6 Å². The summed E-state index contributed by atoms with van der Waals surface area (Å²) < 4.78 is 1.42. The molecule has 0 spiro atoms. The van der Waals surface area contributed by atoms with Crippen molar-refractivity contribution in [2.24, 2.45) is 0 Å². The van der Waals surface area contributed by atoms with Gasteiger partial charge in [-0.2, -0.15) is 20.3 Å². The fourth-order valence-electron chi connectivity index (χ4n) is 3.01. The molecule has 30 heavy (non-hydrogen) atoms. The van der Waals surface area contributed by atoms with Gasteiger partial charge in [-0.3, -0.25) is 4.79 Å². The maximum absolute atomic E-state index is 12.8. The number of hydrogen-bond acceptors (Lipinski definition) is 8. The maximum Gasteiger partial charge on any atom is 0.252 e. The second-order valence-electron chi connectivity index (χ2n) is 6.86. The summed E-state index contributed by atoms with van der Waals surface area (Å²) in [6.45, 7) is 1.74. The number of nitrogens with zero attached hydrogens (tertiary/aromatic N) is 8. The molecule has 0 unspecified atom stereocenters. The number of hydrogen-bond donors (Lipinski definition) is 1. The third-order valence-electron chi connectivity index (χ3n) is 4.80. The Bertz CT molecular complexity index is 1220. The molecule has 3 aromatic heterocycles. The molecular formula is C19H14ClN9O. The molecule has 1 aliphatic rings. The van der Waals surface area contributed by atoms with Crippen LogP contribution >= 0.6 is 11.6 Å². The van der Waals surface area contributed by atoms with Crippen LogP contribution in [0.25, 0.3) is 5.82 Å². The van der Waals surface area contributed by atoms with Gasteiger partial charge in [0.2, 0.25) is 0 Å². The van der Waals surface area contributed by atoms with Crippen molar-refractivity contribution >= 4 is 17.5 Å². The van der Waals surface area contributed by atoms with Crippen molar-refractivity contribution in [1.82, 2.24) is 35.0 Å². The molecule has 10 nitrogen and oxygen atoms in total. The number of nitrogens with one attached hydrogen (secondary N) is 1. The highest BCUT2D eigenvalue weighted by Gasteiger charge is 2.46. The van der Waals surface area contributed by atoms with Gasteiger partial charge in [0.05, 0.1) is 23.2 Å². The van der Waals surface area contributed by atoms with Crippen LogP contribution < -0.4 is 5.32 Å². The van der Waals surface area contributed by atoms with E-state index in [1.807, 2.05) is 6.07 Å². The van der Waals surface area contributed by atoms with E-state index in [0.29, 0.717) is 35.7 Å². The molecule has 1 amide bonds. The average molecular weight is 420 g/mol. The second kappa shape index (κ2) is 7.50. The van der Waals surface area contributed by atoms with Crippen LogP contribution in [0.3, 0.4) is 0 Å². The van der Waals surface area contributed by atoms with Gasteiger partial charge in [0.25, 0.3) is 5.91 Å². The third-order valence-corrected chi connectivity index (χ3v) is 5.00. The molecule has 0 bridgehead atoms. The van der Waals surface area contributed by atoms with E-state index < -0.39 is 17.4 Å². The molecule has 4 rings (SSSR count). The van der Waals surface area contributed by atoms with Crippen LogP contribution in [0.2, 0.25) is 5.15 Å². The molecule has 148 valence electrons. The van der Waals surface area contributed by atoms with Crippen LogP contribution in [0.4, 0.5) is 0 Å². The minimum atomic E-state index is -0.656. The first kappa shape index (κ1) is 19.4. The van der Waals surface area contributed by atoms with Gasteiger partial charge in [-0.25, -0.2) is 19.9 Å². The molecular weight excluding hydrogens is 406 g/mol. The molecule has 1 fully saturated rings. The van der Waals surface area contributed by atoms with Crippen molar-refractivity contribution in [3.8, 4) is 18.0 Å². The summed E-state index contributed by atoms with van der Waals surface area (Å²) in [7, 11) is 0. The zero-order chi connectivity index (χ0) is 21.3. The van der Waals surface area contributed by atoms with Gasteiger partial charge in [-0.1, -0.05) is 11.6 Å². The number of halogens is 1. The molecule has 1 saturated carbocycles. The van der Waals surface area contributed by atoms with E-state index in [-0.39, 0.29) is 10.8 Å². The summed E-state index contributed by atoms with van der Waals surface area (Å²) >= 11 is 6.09. The summed E-state index contributed by atoms with van der Waals surface area (Å²) in [5.41, 5.74) is 0.335. The monoisotopic (exact) mass is 419 g/mol. The number of carbonyl (C=O) groups is 1. The van der Waals surface area contributed by atoms with E-state index in [0.717, 1.165) is 0 Å². The lowest BCUT2D eigenvalue weighted by Crippen LogP contribution is -2.29. The Hall–Kier alpha value is -3.89. The fraction of sp³-hybridized carbons (Fsp3) is 0.263. The summed E-state index contributed by atoms with van der Waals surface area (Å²) in [5.74, 6) is 0.382. The molecule has 1 N–H and O–H groups in total. The standard InChI is InChI=1S/C19H14ClN9O/c1-11(17-25-10-26-29(17)16-6-13(7-21)23-9-24-16)27-18(30)12-4-14(28-15(20)5-12)19(8-22)2-3-19/h4-6,9-11H,2-3H2,1H3,(H,27,30)/t11-/m0/s1. The lowest BCUT2D eigenvalue weighted by molar-refractivity contribution is 0.0937. The smallest absolute Gasteiger partial charge is 0.252 e. The van der Waals surface area contributed by atoms with E-state index in [4.69, 9.17) is 16.9 Å². The lowest BCUT2D eigenvalue weighted by Gasteiger charge is -2.15. The van der Waals surface area contributed by atoms with Crippen LogP contribution in [-0.2, 0) is 5.41 Å². The Morgan fingerprint density at radius 1 is 1.23 bits per heavy atom. The Balaban J connectivity index is 1.58. The van der Waals surface area contributed by atoms with Crippen LogP contribution in [0.1, 0.15) is 53.4 Å². The quantitative estimate of drug-likeness (QED) is 0.618. The largest absolute Gasteiger partial charge is 0.342 e. The number of nitriles is 2. The summed E-state index contributed by atoms with van der Waals surface area (Å²) in [6.07, 6.45) is 3.98. The molecule has 0 aromatic carbocycles. The van der Waals surface area contributed by atoms with Gasteiger partial charge in [0, 0.05) is 11.6 Å². The SMILES string of the molecule is C[C@H](NC(=O)c1cc(Cl)nc(C2(C#N)CC2)c1)c1ncnn1-c1cc(C#N)ncn1. The molecule has 3 heterocycles. The molecule has 0 radical (unpaired) electrons. The first-order valence-electron chi connectivity index (χ1n) is 8.98. The highest BCUT2D eigenvalue weighted by Crippen LogP contribution is 2.47. The molecule has 0 aliphatic heterocycles. The Kier molecular flexibility index (Phi) is 4.86. The first-order chi connectivity index (χ1) is 14.5. The average Bonchev–Trinajstić information content (AvgIpc) is 3.41. The minimum Gasteiger partial charge on any atom is -0.342 e. The normalized spacial score (nSPS) is 14.9. The van der Waals surface area contributed by atoms with Gasteiger partial charge in [0.15, 0.2) is 11.6 Å². The summed E-state index contributed by atoms with van der Waals surface area (Å²) in [4.78, 5) is 29.2. The Labute approximate surface area is 176 Å². The van der Waals surface area contributed by atoms with Crippen molar-refractivity contribution in [1.29, 1.82) is 10.5 Å². The lowest BCUT2D eigenvalue weighted by atomic mass is 10.0. The fourth-order valence-corrected chi connectivity index (χ4v) is 3.22. The predicted molar refractivity (Wildman–Crippen MR) is 103 cm³/mol. The summed E-state index contributed by atoms with van der Waals surface area (Å²) in [6, 6.07) is 8.17. The second-order valence-corrected chi connectivity index (χ2v) is 7.24. The van der Waals surface area contributed by atoms with Gasteiger partial charge in [-0.15, -0.1) is 0 Å². The van der Waals surface area contributed by atoms with Crippen LogP contribution in [0.5, 0.6) is 0 Å². The van der Waals surface area contributed by atoms with Crippen molar-refractivity contribution in [2.75, 3.05) is 0 Å². The van der Waals surface area contributed by atoms with Crippen molar-refractivity contribution in [3.63, 3.8) is 0 Å². The van der Waals surface area contributed by atoms with E-state index in [1.54, 1.807) is 13.0 Å². The highest BCUT2D eigenvalue weighted by atomic mass is 35.5. The number of amides is 1. The van der Waals surface area contributed by atoms with Crippen molar-refractivity contribution in [3.05, 3.63) is 58.8 Å². The van der Waals surface area contributed by atoms with E-state index in [2.05, 4.69) is 36.4 Å². The Morgan fingerprint density at radius 3 is 2.73 bits per heavy atom. The summed E-state index contributed by atoms with van der Waals surface area (Å²) in [5, 5.41) is 25.5. The minimum absolute atomic E-state index is 0.153. The number of carbonyl (C=O) groups excluding carboxylic acids is 1. The van der Waals surface area contributed by atoms with E-state index in [1.165, 1.54) is 29.5 Å². The Morgan fingerprint density at radius 2 is 2.03 bits per heavy atom.